The van der Waals surface area contributed by atoms with Crippen LogP contribution in [0.2, 0.25) is 0 Å². The average molecular weight is 274 g/mol. The standard InChI is InChI=1S/C16H26N4/c1-13(17-2)16-7-6-14(11-18-16)20-10-9-19-8-4-3-5-15(19)12-20/h6-7,11,13,15,17H,3-5,8-10,12H2,1-2H3. The third-order valence-electron chi connectivity index (χ3n) is 4.85. The average Bonchev–Trinajstić information content (AvgIpc) is 2.54. The van der Waals surface area contributed by atoms with Gasteiger partial charge in [0.05, 0.1) is 17.6 Å². The Morgan fingerprint density at radius 3 is 2.90 bits per heavy atom. The molecule has 4 nitrogen and oxygen atoms in total. The maximum absolute atomic E-state index is 4.61. The van der Waals surface area contributed by atoms with Gasteiger partial charge < -0.3 is 10.2 Å². The number of hydrogen-bond acceptors (Lipinski definition) is 4. The summed E-state index contributed by atoms with van der Waals surface area (Å²) in [4.78, 5) is 9.79. The lowest BCUT2D eigenvalue weighted by molar-refractivity contribution is 0.133. The maximum Gasteiger partial charge on any atom is 0.0571 e. The molecule has 1 aromatic rings. The highest BCUT2D eigenvalue weighted by Gasteiger charge is 2.28. The van der Waals surface area contributed by atoms with Crippen LogP contribution in [0.3, 0.4) is 0 Å². The van der Waals surface area contributed by atoms with Gasteiger partial charge in [-0.1, -0.05) is 6.42 Å². The summed E-state index contributed by atoms with van der Waals surface area (Å²) in [6, 6.07) is 5.46. The van der Waals surface area contributed by atoms with Crippen molar-refractivity contribution < 1.29 is 0 Å². The molecule has 1 aromatic heterocycles. The Morgan fingerprint density at radius 1 is 1.25 bits per heavy atom. The third-order valence-corrected chi connectivity index (χ3v) is 4.85. The maximum atomic E-state index is 4.61. The van der Waals surface area contributed by atoms with Gasteiger partial charge in [-0.2, -0.15) is 0 Å². The van der Waals surface area contributed by atoms with Gasteiger partial charge in [-0.15, -0.1) is 0 Å². The van der Waals surface area contributed by atoms with Crippen molar-refractivity contribution >= 4 is 5.69 Å². The SMILES string of the molecule is CNC(C)c1ccc(N2CCN3CCCCC3C2)cn1. The zero-order chi connectivity index (χ0) is 13.9. The molecule has 3 heterocycles. The Balaban J connectivity index is 1.67. The molecule has 0 amide bonds. The summed E-state index contributed by atoms with van der Waals surface area (Å²) >= 11 is 0. The minimum absolute atomic E-state index is 0.319. The van der Waals surface area contributed by atoms with Gasteiger partial charge in [-0.25, -0.2) is 0 Å². The molecule has 2 aliphatic heterocycles. The highest BCUT2D eigenvalue weighted by molar-refractivity contribution is 5.45. The first-order chi connectivity index (χ1) is 9.78. The molecule has 110 valence electrons. The van der Waals surface area contributed by atoms with E-state index in [9.17, 15) is 0 Å². The second-order valence-corrected chi connectivity index (χ2v) is 6.08. The first-order valence-corrected chi connectivity index (χ1v) is 7.90. The van der Waals surface area contributed by atoms with Crippen LogP contribution < -0.4 is 10.2 Å². The number of nitrogens with one attached hydrogen (secondary N) is 1. The predicted octanol–water partition coefficient (Wildman–Crippen LogP) is 2.04. The predicted molar refractivity (Wildman–Crippen MR) is 83.1 cm³/mol. The van der Waals surface area contributed by atoms with Crippen molar-refractivity contribution in [3.05, 3.63) is 24.0 Å². The van der Waals surface area contributed by atoms with Gasteiger partial charge in [0.15, 0.2) is 0 Å². The highest BCUT2D eigenvalue weighted by Crippen LogP contribution is 2.25. The Bertz CT molecular complexity index is 431. The minimum Gasteiger partial charge on any atom is -0.367 e. The highest BCUT2D eigenvalue weighted by atomic mass is 15.3. The van der Waals surface area contributed by atoms with Gasteiger partial charge in [-0.3, -0.25) is 9.88 Å². The van der Waals surface area contributed by atoms with Crippen molar-refractivity contribution in [2.24, 2.45) is 0 Å². The van der Waals surface area contributed by atoms with Gasteiger partial charge in [0, 0.05) is 31.7 Å². The van der Waals surface area contributed by atoms with E-state index in [2.05, 4.69) is 39.2 Å². The van der Waals surface area contributed by atoms with Crippen LogP contribution in [0.15, 0.2) is 18.3 Å². The van der Waals surface area contributed by atoms with Crippen LogP contribution in [-0.2, 0) is 0 Å². The topological polar surface area (TPSA) is 31.4 Å². The summed E-state index contributed by atoms with van der Waals surface area (Å²) in [5, 5.41) is 3.23. The fraction of sp³-hybridized carbons (Fsp3) is 0.688. The normalized spacial score (nSPS) is 25.3. The molecule has 0 saturated carbocycles. The molecule has 2 fully saturated rings. The van der Waals surface area contributed by atoms with Crippen molar-refractivity contribution in [3.63, 3.8) is 0 Å². The number of aromatic nitrogens is 1. The summed E-state index contributed by atoms with van der Waals surface area (Å²) in [7, 11) is 1.97. The van der Waals surface area contributed by atoms with Gasteiger partial charge in [0.2, 0.25) is 0 Å². The zero-order valence-corrected chi connectivity index (χ0v) is 12.7. The lowest BCUT2D eigenvalue weighted by Gasteiger charge is -2.44. The van der Waals surface area contributed by atoms with Crippen LogP contribution in [0.4, 0.5) is 5.69 Å². The summed E-state index contributed by atoms with van der Waals surface area (Å²) in [5.41, 5.74) is 2.40. The van der Waals surface area contributed by atoms with Crippen LogP contribution in [0.1, 0.15) is 37.9 Å². The molecular weight excluding hydrogens is 248 g/mol. The number of pyridine rings is 1. The summed E-state index contributed by atoms with van der Waals surface area (Å²) < 4.78 is 0. The number of rotatable bonds is 3. The molecule has 0 aliphatic carbocycles. The lowest BCUT2D eigenvalue weighted by atomic mass is 9.99. The fourth-order valence-corrected chi connectivity index (χ4v) is 3.38. The van der Waals surface area contributed by atoms with E-state index in [0.717, 1.165) is 18.3 Å². The molecule has 4 heteroatoms. The van der Waals surface area contributed by atoms with Crippen LogP contribution >= 0.6 is 0 Å². The molecule has 2 saturated heterocycles. The largest absolute Gasteiger partial charge is 0.367 e. The first-order valence-electron chi connectivity index (χ1n) is 7.90. The molecule has 2 aliphatic rings. The molecule has 0 aromatic carbocycles. The van der Waals surface area contributed by atoms with Crippen LogP contribution in [0, 0.1) is 0 Å². The molecule has 2 atom stereocenters. The lowest BCUT2D eigenvalue weighted by Crippen LogP contribution is -2.54. The van der Waals surface area contributed by atoms with Crippen molar-refractivity contribution in [1.29, 1.82) is 0 Å². The summed E-state index contributed by atoms with van der Waals surface area (Å²) in [5.74, 6) is 0. The van der Waals surface area contributed by atoms with E-state index in [0.29, 0.717) is 6.04 Å². The van der Waals surface area contributed by atoms with Gasteiger partial charge in [0.1, 0.15) is 0 Å². The van der Waals surface area contributed by atoms with Crippen molar-refractivity contribution in [2.75, 3.05) is 38.1 Å². The molecular formula is C16H26N4. The van der Waals surface area contributed by atoms with E-state index in [1.54, 1.807) is 0 Å². The van der Waals surface area contributed by atoms with E-state index in [-0.39, 0.29) is 0 Å². The third kappa shape index (κ3) is 2.81. The monoisotopic (exact) mass is 274 g/mol. The number of fused-ring (bicyclic) bond motifs is 1. The van der Waals surface area contributed by atoms with Gasteiger partial charge in [0.25, 0.3) is 0 Å². The molecule has 0 spiro atoms. The summed E-state index contributed by atoms with van der Waals surface area (Å²) in [6.45, 7) is 6.96. The Labute approximate surface area is 122 Å². The zero-order valence-electron chi connectivity index (χ0n) is 12.7. The van der Waals surface area contributed by atoms with E-state index in [1.807, 2.05) is 13.2 Å². The van der Waals surface area contributed by atoms with Crippen molar-refractivity contribution in [1.82, 2.24) is 15.2 Å². The smallest absolute Gasteiger partial charge is 0.0571 e. The number of piperazine rings is 1. The number of nitrogens with zero attached hydrogens (tertiary/aromatic N) is 3. The number of piperidine rings is 1. The molecule has 0 bridgehead atoms. The first kappa shape index (κ1) is 13.8. The summed E-state index contributed by atoms with van der Waals surface area (Å²) in [6.07, 6.45) is 6.18. The quantitative estimate of drug-likeness (QED) is 0.914. The molecule has 20 heavy (non-hydrogen) atoms. The van der Waals surface area contributed by atoms with E-state index in [4.69, 9.17) is 0 Å². The molecule has 2 unspecified atom stereocenters. The van der Waals surface area contributed by atoms with Gasteiger partial charge in [-0.05, 0) is 45.5 Å². The van der Waals surface area contributed by atoms with Crippen LogP contribution in [0.5, 0.6) is 0 Å². The second-order valence-electron chi connectivity index (χ2n) is 6.08. The van der Waals surface area contributed by atoms with Crippen LogP contribution in [-0.4, -0.2) is 49.2 Å². The second kappa shape index (κ2) is 6.10. The number of hydrogen-bond donors (Lipinski definition) is 1. The Hall–Kier alpha value is -1.13. The fourth-order valence-electron chi connectivity index (χ4n) is 3.38. The van der Waals surface area contributed by atoms with Crippen molar-refractivity contribution in [2.45, 2.75) is 38.3 Å². The van der Waals surface area contributed by atoms with E-state index in [1.165, 1.54) is 44.6 Å². The molecule has 1 N–H and O–H groups in total. The van der Waals surface area contributed by atoms with Crippen molar-refractivity contribution in [3.8, 4) is 0 Å². The minimum atomic E-state index is 0.319. The Morgan fingerprint density at radius 2 is 2.15 bits per heavy atom. The Kier molecular flexibility index (Phi) is 4.22. The van der Waals surface area contributed by atoms with Crippen LogP contribution in [0.25, 0.3) is 0 Å². The van der Waals surface area contributed by atoms with Gasteiger partial charge >= 0.3 is 0 Å². The van der Waals surface area contributed by atoms with E-state index < -0.39 is 0 Å². The molecule has 0 radical (unpaired) electrons. The molecule has 3 rings (SSSR count). The number of anilines is 1. The van der Waals surface area contributed by atoms with E-state index >= 15 is 0 Å².